The van der Waals surface area contributed by atoms with Crippen LogP contribution in [0, 0.1) is 6.92 Å². The molecular formula is C14H18N4S. The van der Waals surface area contributed by atoms with E-state index in [-0.39, 0.29) is 6.04 Å². The van der Waals surface area contributed by atoms with Crippen molar-refractivity contribution in [1.29, 1.82) is 0 Å². The predicted molar refractivity (Wildman–Crippen MR) is 76.2 cm³/mol. The van der Waals surface area contributed by atoms with Crippen LogP contribution in [0.1, 0.15) is 53.1 Å². The molecule has 4 nitrogen and oxygen atoms in total. The molecule has 3 rings (SSSR count). The van der Waals surface area contributed by atoms with Gasteiger partial charge in [0.05, 0.1) is 6.42 Å². The predicted octanol–water partition coefficient (Wildman–Crippen LogP) is 2.56. The van der Waals surface area contributed by atoms with Gasteiger partial charge in [-0.05, 0) is 26.2 Å². The highest BCUT2D eigenvalue weighted by atomic mass is 32.1. The van der Waals surface area contributed by atoms with Gasteiger partial charge in [0.1, 0.15) is 10.8 Å². The number of aromatic nitrogens is 3. The Kier molecular flexibility index (Phi) is 3.57. The lowest BCUT2D eigenvalue weighted by molar-refractivity contribution is 0.614. The molecule has 2 N–H and O–H groups in total. The summed E-state index contributed by atoms with van der Waals surface area (Å²) in [4.78, 5) is 13.6. The van der Waals surface area contributed by atoms with Crippen molar-refractivity contribution in [2.24, 2.45) is 5.73 Å². The Morgan fingerprint density at radius 1 is 1.37 bits per heavy atom. The van der Waals surface area contributed by atoms with Crippen molar-refractivity contribution >= 4 is 11.3 Å². The molecule has 0 aromatic carbocycles. The molecule has 0 fully saturated rings. The van der Waals surface area contributed by atoms with Crippen LogP contribution in [0.3, 0.4) is 0 Å². The van der Waals surface area contributed by atoms with Gasteiger partial charge in [-0.1, -0.05) is 6.42 Å². The molecule has 0 radical (unpaired) electrons. The van der Waals surface area contributed by atoms with Crippen LogP contribution in [0.25, 0.3) is 0 Å². The summed E-state index contributed by atoms with van der Waals surface area (Å²) in [7, 11) is 0. The van der Waals surface area contributed by atoms with E-state index in [1.165, 1.54) is 12.8 Å². The van der Waals surface area contributed by atoms with Crippen LogP contribution in [0.2, 0.25) is 0 Å². The number of thiazole rings is 1. The summed E-state index contributed by atoms with van der Waals surface area (Å²) >= 11 is 1.67. The van der Waals surface area contributed by atoms with Crippen LogP contribution in [-0.4, -0.2) is 15.0 Å². The molecule has 0 amide bonds. The van der Waals surface area contributed by atoms with E-state index in [1.807, 2.05) is 13.1 Å². The quantitative estimate of drug-likeness (QED) is 0.855. The molecule has 1 atom stereocenters. The van der Waals surface area contributed by atoms with Gasteiger partial charge in [0.15, 0.2) is 0 Å². The number of rotatable bonds is 2. The third-order valence-corrected chi connectivity index (χ3v) is 4.47. The first-order valence-electron chi connectivity index (χ1n) is 6.73. The summed E-state index contributed by atoms with van der Waals surface area (Å²) < 4.78 is 0. The minimum atomic E-state index is 0.105. The highest BCUT2D eigenvalue weighted by Gasteiger charge is 2.17. The van der Waals surface area contributed by atoms with Crippen LogP contribution in [0.15, 0.2) is 11.6 Å². The normalized spacial score (nSPS) is 18.9. The molecule has 100 valence electrons. The fourth-order valence-corrected chi connectivity index (χ4v) is 3.26. The molecule has 0 bridgehead atoms. The van der Waals surface area contributed by atoms with Crippen molar-refractivity contribution in [3.63, 3.8) is 0 Å². The Balaban J connectivity index is 1.86. The zero-order chi connectivity index (χ0) is 13.2. The molecule has 5 heteroatoms. The maximum atomic E-state index is 6.16. The van der Waals surface area contributed by atoms with Gasteiger partial charge in [0.2, 0.25) is 0 Å². The van der Waals surface area contributed by atoms with E-state index in [0.29, 0.717) is 0 Å². The first-order valence-corrected chi connectivity index (χ1v) is 7.61. The molecule has 2 aromatic rings. The molecule has 0 aliphatic heterocycles. The van der Waals surface area contributed by atoms with Gasteiger partial charge in [-0.15, -0.1) is 11.3 Å². The second-order valence-corrected chi connectivity index (χ2v) is 6.04. The zero-order valence-electron chi connectivity index (χ0n) is 11.1. The van der Waals surface area contributed by atoms with Gasteiger partial charge in [-0.3, -0.25) is 0 Å². The number of nitrogens with two attached hydrogens (primary N) is 1. The second kappa shape index (κ2) is 5.35. The topological polar surface area (TPSA) is 64.7 Å². The molecule has 0 spiro atoms. The molecule has 1 aliphatic carbocycles. The first kappa shape index (κ1) is 12.7. The highest BCUT2D eigenvalue weighted by molar-refractivity contribution is 7.09. The summed E-state index contributed by atoms with van der Waals surface area (Å²) in [5.74, 6) is 0.863. The minimum absolute atomic E-state index is 0.105. The molecule has 19 heavy (non-hydrogen) atoms. The number of fused-ring (bicyclic) bond motifs is 1. The Labute approximate surface area is 117 Å². The smallest absolute Gasteiger partial charge is 0.135 e. The monoisotopic (exact) mass is 274 g/mol. The van der Waals surface area contributed by atoms with Gasteiger partial charge >= 0.3 is 0 Å². The number of aryl methyl sites for hydroxylation is 2. The van der Waals surface area contributed by atoms with Gasteiger partial charge in [0.25, 0.3) is 0 Å². The Morgan fingerprint density at radius 2 is 2.26 bits per heavy atom. The van der Waals surface area contributed by atoms with Crippen LogP contribution in [-0.2, 0) is 12.8 Å². The van der Waals surface area contributed by atoms with E-state index >= 15 is 0 Å². The van der Waals surface area contributed by atoms with E-state index in [2.05, 4.69) is 15.3 Å². The Bertz CT molecular complexity index is 579. The third-order valence-electron chi connectivity index (χ3n) is 3.50. The first-order chi connectivity index (χ1) is 9.22. The van der Waals surface area contributed by atoms with E-state index < -0.39 is 0 Å². The van der Waals surface area contributed by atoms with E-state index in [1.54, 1.807) is 11.3 Å². The van der Waals surface area contributed by atoms with Crippen LogP contribution < -0.4 is 5.73 Å². The molecule has 1 unspecified atom stereocenters. The van der Waals surface area contributed by atoms with Crippen molar-refractivity contribution in [3.8, 4) is 0 Å². The van der Waals surface area contributed by atoms with E-state index in [9.17, 15) is 0 Å². The third kappa shape index (κ3) is 2.82. The number of hydrogen-bond acceptors (Lipinski definition) is 5. The summed E-state index contributed by atoms with van der Waals surface area (Å²) in [5, 5.41) is 3.14. The Morgan fingerprint density at radius 3 is 3.05 bits per heavy atom. The van der Waals surface area contributed by atoms with Gasteiger partial charge < -0.3 is 5.73 Å². The van der Waals surface area contributed by atoms with Gasteiger partial charge in [-0.25, -0.2) is 15.0 Å². The molecule has 0 saturated carbocycles. The molecule has 1 aliphatic rings. The molecule has 0 saturated heterocycles. The highest BCUT2D eigenvalue weighted by Crippen LogP contribution is 2.25. The SMILES string of the molecule is Cc1csc(Cc2ncc3c(n2)CCCCC3N)n1. The molecule has 2 heterocycles. The fourth-order valence-electron chi connectivity index (χ4n) is 2.49. The second-order valence-electron chi connectivity index (χ2n) is 5.10. The Hall–Kier alpha value is -1.33. The average Bonchev–Trinajstić information content (AvgIpc) is 2.70. The maximum absolute atomic E-state index is 6.16. The molecular weight excluding hydrogens is 256 g/mol. The standard InChI is InChI=1S/C14H18N4S/c1-9-8-19-14(17-9)6-13-16-7-10-11(15)4-2-3-5-12(10)18-13/h7-8,11H,2-6,15H2,1H3. The lowest BCUT2D eigenvalue weighted by Gasteiger charge is -2.11. The van der Waals surface area contributed by atoms with Crippen LogP contribution in [0.4, 0.5) is 0 Å². The minimum Gasteiger partial charge on any atom is -0.324 e. The molecule has 2 aromatic heterocycles. The van der Waals surface area contributed by atoms with Gasteiger partial charge in [-0.2, -0.15) is 0 Å². The largest absolute Gasteiger partial charge is 0.324 e. The maximum Gasteiger partial charge on any atom is 0.135 e. The summed E-state index contributed by atoms with van der Waals surface area (Å²) in [6, 6.07) is 0.105. The van der Waals surface area contributed by atoms with Crippen molar-refractivity contribution < 1.29 is 0 Å². The van der Waals surface area contributed by atoms with Crippen molar-refractivity contribution in [2.75, 3.05) is 0 Å². The zero-order valence-corrected chi connectivity index (χ0v) is 11.9. The summed E-state index contributed by atoms with van der Waals surface area (Å²) in [5.41, 5.74) is 9.51. The van der Waals surface area contributed by atoms with Crippen molar-refractivity contribution in [1.82, 2.24) is 15.0 Å². The fraction of sp³-hybridized carbons (Fsp3) is 0.500. The lowest BCUT2D eigenvalue weighted by Crippen LogP contribution is -2.13. The van der Waals surface area contributed by atoms with E-state index in [4.69, 9.17) is 10.7 Å². The van der Waals surface area contributed by atoms with Crippen LogP contribution >= 0.6 is 11.3 Å². The average molecular weight is 274 g/mol. The van der Waals surface area contributed by atoms with Gasteiger partial charge in [0, 0.05) is 34.6 Å². The number of nitrogens with zero attached hydrogens (tertiary/aromatic N) is 3. The van der Waals surface area contributed by atoms with Crippen molar-refractivity contribution in [3.05, 3.63) is 39.4 Å². The lowest BCUT2D eigenvalue weighted by atomic mass is 10.1. The van der Waals surface area contributed by atoms with Crippen LogP contribution in [0.5, 0.6) is 0 Å². The van der Waals surface area contributed by atoms with Crippen molar-refractivity contribution in [2.45, 2.75) is 45.1 Å². The summed E-state index contributed by atoms with van der Waals surface area (Å²) in [6.07, 6.45) is 7.07. The number of hydrogen-bond donors (Lipinski definition) is 1. The van der Waals surface area contributed by atoms with E-state index in [0.717, 1.165) is 47.0 Å². The summed E-state index contributed by atoms with van der Waals surface area (Å²) in [6.45, 7) is 2.01.